The molecule has 0 atom stereocenters. The first-order chi connectivity index (χ1) is 6.22. The fraction of sp³-hybridized carbons (Fsp3) is 0.333. The molecule has 0 aliphatic heterocycles. The van der Waals surface area contributed by atoms with Crippen molar-refractivity contribution in [3.8, 4) is 0 Å². The molecule has 0 unspecified atom stereocenters. The molecule has 1 rings (SSSR count). The molecule has 7 heteroatoms. The Morgan fingerprint density at radius 1 is 1.85 bits per heavy atom. The fourth-order valence-electron chi connectivity index (χ4n) is 0.680. The molecule has 0 aromatic carbocycles. The van der Waals surface area contributed by atoms with Gasteiger partial charge in [0.05, 0.1) is 12.1 Å². The number of rotatable bonds is 3. The van der Waals surface area contributed by atoms with Crippen molar-refractivity contribution in [3.63, 3.8) is 0 Å². The molecule has 0 spiro atoms. The van der Waals surface area contributed by atoms with Crippen molar-refractivity contribution in [2.24, 2.45) is 10.4 Å². The van der Waals surface area contributed by atoms with Gasteiger partial charge >= 0.3 is 0 Å². The Labute approximate surface area is 78.4 Å². The van der Waals surface area contributed by atoms with Gasteiger partial charge in [-0.25, -0.2) is 4.98 Å². The van der Waals surface area contributed by atoms with E-state index in [1.165, 1.54) is 18.4 Å². The van der Waals surface area contributed by atoms with Crippen LogP contribution in [-0.2, 0) is 16.1 Å². The summed E-state index contributed by atoms with van der Waals surface area (Å²) in [6.07, 6.45) is 0.0978. The lowest BCUT2D eigenvalue weighted by Gasteiger charge is -1.88. The number of carbonyl (C=O) groups excluding carboxylic acids is 1. The van der Waals surface area contributed by atoms with Gasteiger partial charge in [-0.1, -0.05) is 5.11 Å². The average molecular weight is 200 g/mol. The summed E-state index contributed by atoms with van der Waals surface area (Å²) in [5.41, 5.74) is 5.97. The van der Waals surface area contributed by atoms with E-state index in [1.54, 1.807) is 5.38 Å². The van der Waals surface area contributed by atoms with Gasteiger partial charge in [0, 0.05) is 10.7 Å². The molecule has 0 radical (unpaired) electrons. The van der Waals surface area contributed by atoms with Crippen LogP contribution in [0.3, 0.4) is 0 Å². The summed E-state index contributed by atoms with van der Waals surface area (Å²) < 4.78 is 0. The van der Waals surface area contributed by atoms with E-state index < -0.39 is 5.91 Å². The summed E-state index contributed by atoms with van der Waals surface area (Å²) in [5, 5.41) is 8.47. The summed E-state index contributed by atoms with van der Waals surface area (Å²) >= 11 is 1.28. The zero-order chi connectivity index (χ0) is 9.68. The molecule has 1 heterocycles. The Morgan fingerprint density at radius 3 is 3.15 bits per heavy atom. The molecule has 0 saturated heterocycles. The Bertz CT molecular complexity index is 322. The van der Waals surface area contributed by atoms with Crippen molar-refractivity contribution in [1.29, 1.82) is 0 Å². The van der Waals surface area contributed by atoms with Gasteiger partial charge in [0.2, 0.25) is 0 Å². The molecule has 13 heavy (non-hydrogen) atoms. The molecule has 0 saturated carbocycles. The van der Waals surface area contributed by atoms with E-state index in [0.717, 1.165) is 0 Å². The summed E-state index contributed by atoms with van der Waals surface area (Å²) in [4.78, 5) is 19.1. The normalized spacial score (nSPS) is 10.5. The molecule has 6 nitrogen and oxygen atoms in total. The van der Waals surface area contributed by atoms with E-state index in [1.807, 2.05) is 0 Å². The molecule has 70 valence electrons. The molecular weight excluding hydrogens is 192 g/mol. The predicted molar refractivity (Wildman–Crippen MR) is 47.1 cm³/mol. The first-order valence-electron chi connectivity index (χ1n) is 3.39. The number of aromatic nitrogens is 1. The molecule has 1 aromatic heterocycles. The second-order valence-electron chi connectivity index (χ2n) is 2.11. The van der Waals surface area contributed by atoms with Crippen molar-refractivity contribution in [1.82, 2.24) is 4.98 Å². The highest BCUT2D eigenvalue weighted by atomic mass is 32.1. The van der Waals surface area contributed by atoms with Crippen LogP contribution in [0.2, 0.25) is 0 Å². The number of nitrogens with two attached hydrogens (primary N) is 1. The van der Waals surface area contributed by atoms with Gasteiger partial charge in [-0.3, -0.25) is 4.79 Å². The first-order valence-corrected chi connectivity index (χ1v) is 4.27. The molecule has 0 bridgehead atoms. The zero-order valence-electron chi connectivity index (χ0n) is 6.93. The SMILES string of the molecule is CON=NC(=O)Cc1csc(N)n1. The number of thiazole rings is 1. The number of hydrogen-bond donors (Lipinski definition) is 1. The van der Waals surface area contributed by atoms with Gasteiger partial charge < -0.3 is 10.6 Å². The van der Waals surface area contributed by atoms with Crippen molar-refractivity contribution >= 4 is 22.4 Å². The summed E-state index contributed by atoms with van der Waals surface area (Å²) in [6, 6.07) is 0. The van der Waals surface area contributed by atoms with Gasteiger partial charge in [-0.2, -0.15) is 0 Å². The van der Waals surface area contributed by atoms with Crippen LogP contribution in [0, 0.1) is 0 Å². The van der Waals surface area contributed by atoms with Crippen LogP contribution >= 0.6 is 11.3 Å². The van der Waals surface area contributed by atoms with Crippen molar-refractivity contribution in [2.75, 3.05) is 12.8 Å². The summed E-state index contributed by atoms with van der Waals surface area (Å²) in [6.45, 7) is 0. The maximum atomic E-state index is 11.0. The maximum absolute atomic E-state index is 11.0. The largest absolute Gasteiger partial charge is 0.383 e. The summed E-state index contributed by atoms with van der Waals surface area (Å²) in [7, 11) is 1.32. The third-order valence-corrected chi connectivity index (χ3v) is 1.86. The Balaban J connectivity index is 2.50. The lowest BCUT2D eigenvalue weighted by Crippen LogP contribution is -1.98. The number of hydrogen-bond acceptors (Lipinski definition) is 6. The minimum absolute atomic E-state index is 0.0978. The van der Waals surface area contributed by atoms with Gasteiger partial charge in [-0.05, 0) is 0 Å². The number of carbonyl (C=O) groups is 1. The van der Waals surface area contributed by atoms with Crippen molar-refractivity contribution in [3.05, 3.63) is 11.1 Å². The van der Waals surface area contributed by atoms with Crippen LogP contribution in [-0.4, -0.2) is 18.0 Å². The predicted octanol–water partition coefficient (Wildman–Crippen LogP) is 0.808. The second kappa shape index (κ2) is 4.51. The average Bonchev–Trinajstić information content (AvgIpc) is 2.48. The zero-order valence-corrected chi connectivity index (χ0v) is 7.74. The van der Waals surface area contributed by atoms with E-state index in [9.17, 15) is 4.79 Å². The molecule has 1 amide bonds. The highest BCUT2D eigenvalue weighted by Gasteiger charge is 2.05. The molecule has 0 fully saturated rings. The molecule has 0 aliphatic rings. The van der Waals surface area contributed by atoms with Gasteiger partial charge in [0.1, 0.15) is 7.11 Å². The van der Waals surface area contributed by atoms with Crippen molar-refractivity contribution in [2.45, 2.75) is 6.42 Å². The highest BCUT2D eigenvalue weighted by Crippen LogP contribution is 2.11. The summed E-state index contributed by atoms with van der Waals surface area (Å²) in [5.74, 6) is -0.410. The van der Waals surface area contributed by atoms with E-state index >= 15 is 0 Å². The topological polar surface area (TPSA) is 89.9 Å². The first kappa shape index (κ1) is 9.59. The number of nitrogens with zero attached hydrogens (tertiary/aromatic N) is 3. The standard InChI is InChI=1S/C6H8N4O2S/c1-12-10-9-5(11)2-4-3-13-6(7)8-4/h3H,2H2,1H3,(H2,7,8). The van der Waals surface area contributed by atoms with Crippen LogP contribution in [0.4, 0.5) is 5.13 Å². The number of nitrogen functional groups attached to an aromatic ring is 1. The van der Waals surface area contributed by atoms with Crippen LogP contribution in [0.15, 0.2) is 15.8 Å². The van der Waals surface area contributed by atoms with E-state index in [-0.39, 0.29) is 6.42 Å². The maximum Gasteiger partial charge on any atom is 0.273 e. The highest BCUT2D eigenvalue weighted by molar-refractivity contribution is 7.13. The lowest BCUT2D eigenvalue weighted by atomic mass is 10.3. The smallest absolute Gasteiger partial charge is 0.273 e. The monoisotopic (exact) mass is 200 g/mol. The van der Waals surface area contributed by atoms with Crippen LogP contribution < -0.4 is 5.73 Å². The quantitative estimate of drug-likeness (QED) is 0.577. The van der Waals surface area contributed by atoms with E-state index in [4.69, 9.17) is 5.73 Å². The van der Waals surface area contributed by atoms with E-state index in [2.05, 4.69) is 20.2 Å². The Morgan fingerprint density at radius 2 is 2.62 bits per heavy atom. The number of amides is 1. The van der Waals surface area contributed by atoms with Crippen molar-refractivity contribution < 1.29 is 9.63 Å². The van der Waals surface area contributed by atoms with E-state index in [0.29, 0.717) is 10.8 Å². The minimum Gasteiger partial charge on any atom is -0.383 e. The molecule has 1 aromatic rings. The van der Waals surface area contributed by atoms with Crippen LogP contribution in [0.5, 0.6) is 0 Å². The Kier molecular flexibility index (Phi) is 3.32. The van der Waals surface area contributed by atoms with Gasteiger partial charge in [-0.15, -0.1) is 11.3 Å². The van der Waals surface area contributed by atoms with Gasteiger partial charge in [0.15, 0.2) is 5.13 Å². The third-order valence-electron chi connectivity index (χ3n) is 1.14. The third kappa shape index (κ3) is 3.16. The fourth-order valence-corrected chi connectivity index (χ4v) is 1.24. The minimum atomic E-state index is -0.410. The molecule has 0 aliphatic carbocycles. The lowest BCUT2D eigenvalue weighted by molar-refractivity contribution is -0.118. The van der Waals surface area contributed by atoms with Gasteiger partial charge in [0.25, 0.3) is 5.91 Å². The molecule has 2 N–H and O–H groups in total. The molecular formula is C6H8N4O2S. The Hall–Kier alpha value is -1.50. The van der Waals surface area contributed by atoms with Crippen LogP contribution in [0.1, 0.15) is 5.69 Å². The second-order valence-corrected chi connectivity index (χ2v) is 3.00. The van der Waals surface area contributed by atoms with Crippen LogP contribution in [0.25, 0.3) is 0 Å². The number of anilines is 1.